The molecule has 0 radical (unpaired) electrons. The van der Waals surface area contributed by atoms with Gasteiger partial charge in [0.15, 0.2) is 5.72 Å². The number of urea groups is 1. The Morgan fingerprint density at radius 1 is 0.967 bits per heavy atom. The van der Waals surface area contributed by atoms with E-state index >= 15 is 0 Å². The average molecular weight is 532 g/mol. The number of anilines is 2. The maximum atomic E-state index is 13.5. The number of amides is 2. The highest BCUT2D eigenvalue weighted by atomic mass is 79.9. The predicted molar refractivity (Wildman–Crippen MR) is 125 cm³/mol. The third-order valence-electron chi connectivity index (χ3n) is 5.00. The average Bonchev–Trinajstić information content (AvgIpc) is 3.02. The summed E-state index contributed by atoms with van der Waals surface area (Å²) in [6.07, 6.45) is 0. The SMILES string of the molecule is CCOc1cccc(C2(O)CN(c3ccc(Br)cc3)C(=O)N2c2ccc(Br)cc2)c1. The lowest BCUT2D eigenvalue weighted by atomic mass is 10.0. The van der Waals surface area contributed by atoms with Crippen LogP contribution in [0.2, 0.25) is 0 Å². The summed E-state index contributed by atoms with van der Waals surface area (Å²) in [6, 6.07) is 21.7. The van der Waals surface area contributed by atoms with Crippen molar-refractivity contribution in [2.45, 2.75) is 12.6 Å². The van der Waals surface area contributed by atoms with Crippen LogP contribution in [0.4, 0.5) is 16.2 Å². The molecule has 3 aromatic carbocycles. The van der Waals surface area contributed by atoms with Crippen molar-refractivity contribution in [2.24, 2.45) is 0 Å². The van der Waals surface area contributed by atoms with Gasteiger partial charge in [0.05, 0.1) is 13.2 Å². The second-order valence-electron chi connectivity index (χ2n) is 6.93. The van der Waals surface area contributed by atoms with Gasteiger partial charge in [0, 0.05) is 25.9 Å². The molecule has 0 saturated carbocycles. The minimum Gasteiger partial charge on any atom is -0.494 e. The Morgan fingerprint density at radius 3 is 2.17 bits per heavy atom. The predicted octanol–water partition coefficient (Wildman–Crippen LogP) is 5.90. The van der Waals surface area contributed by atoms with E-state index in [0.717, 1.165) is 8.95 Å². The molecule has 3 aromatic rings. The van der Waals surface area contributed by atoms with Gasteiger partial charge in [-0.25, -0.2) is 4.79 Å². The van der Waals surface area contributed by atoms with Crippen molar-refractivity contribution in [1.29, 1.82) is 0 Å². The minimum atomic E-state index is -1.56. The van der Waals surface area contributed by atoms with E-state index in [-0.39, 0.29) is 12.6 Å². The number of aliphatic hydroxyl groups is 1. The first kappa shape index (κ1) is 20.9. The fraction of sp³-hybridized carbons (Fsp3) is 0.174. The smallest absolute Gasteiger partial charge is 0.331 e. The Hall–Kier alpha value is -2.35. The molecule has 1 saturated heterocycles. The van der Waals surface area contributed by atoms with Crippen LogP contribution in [-0.4, -0.2) is 24.3 Å². The summed E-state index contributed by atoms with van der Waals surface area (Å²) >= 11 is 6.85. The van der Waals surface area contributed by atoms with Gasteiger partial charge >= 0.3 is 6.03 Å². The molecule has 4 rings (SSSR count). The molecule has 1 atom stereocenters. The molecule has 0 aromatic heterocycles. The number of benzene rings is 3. The molecule has 2 amide bonds. The molecule has 7 heteroatoms. The summed E-state index contributed by atoms with van der Waals surface area (Å²) < 4.78 is 7.43. The largest absolute Gasteiger partial charge is 0.494 e. The van der Waals surface area contributed by atoms with Crippen LogP contribution in [0.1, 0.15) is 12.5 Å². The number of β-amino-alcohol motifs (C(OH)–C–C–N with tert-alkyl or cyclic N) is 1. The van der Waals surface area contributed by atoms with E-state index in [0.29, 0.717) is 29.3 Å². The highest BCUT2D eigenvalue weighted by molar-refractivity contribution is 9.10. The zero-order valence-electron chi connectivity index (χ0n) is 16.3. The van der Waals surface area contributed by atoms with E-state index in [1.807, 2.05) is 73.7 Å². The molecule has 30 heavy (non-hydrogen) atoms. The fourth-order valence-corrected chi connectivity index (χ4v) is 4.13. The van der Waals surface area contributed by atoms with Gasteiger partial charge in [0.1, 0.15) is 5.75 Å². The Labute approximate surface area is 192 Å². The van der Waals surface area contributed by atoms with Crippen LogP contribution < -0.4 is 14.5 Å². The normalized spacial score (nSPS) is 18.7. The van der Waals surface area contributed by atoms with Gasteiger partial charge in [-0.2, -0.15) is 0 Å². The Kier molecular flexibility index (Phi) is 5.86. The number of hydrogen-bond donors (Lipinski definition) is 1. The lowest BCUT2D eigenvalue weighted by Gasteiger charge is -2.32. The summed E-state index contributed by atoms with van der Waals surface area (Å²) in [5.41, 5.74) is 0.337. The molecular weight excluding hydrogens is 512 g/mol. The van der Waals surface area contributed by atoms with Gasteiger partial charge in [-0.1, -0.05) is 44.0 Å². The molecule has 154 valence electrons. The first-order chi connectivity index (χ1) is 14.4. The number of nitrogens with zero attached hydrogens (tertiary/aromatic N) is 2. The first-order valence-corrected chi connectivity index (χ1v) is 11.1. The molecule has 1 fully saturated rings. The van der Waals surface area contributed by atoms with Gasteiger partial charge < -0.3 is 9.84 Å². The van der Waals surface area contributed by atoms with E-state index in [1.165, 1.54) is 4.90 Å². The van der Waals surface area contributed by atoms with Gasteiger partial charge in [0.2, 0.25) is 0 Å². The molecule has 1 heterocycles. The maximum absolute atomic E-state index is 13.5. The number of carbonyl (C=O) groups excluding carboxylic acids is 1. The first-order valence-electron chi connectivity index (χ1n) is 9.51. The van der Waals surface area contributed by atoms with Crippen molar-refractivity contribution in [3.63, 3.8) is 0 Å². The van der Waals surface area contributed by atoms with E-state index in [4.69, 9.17) is 4.74 Å². The molecule has 0 aliphatic carbocycles. The van der Waals surface area contributed by atoms with Crippen LogP contribution in [0.25, 0.3) is 0 Å². The van der Waals surface area contributed by atoms with Crippen LogP contribution in [0.5, 0.6) is 5.75 Å². The van der Waals surface area contributed by atoms with Gasteiger partial charge in [0.25, 0.3) is 0 Å². The monoisotopic (exact) mass is 530 g/mol. The van der Waals surface area contributed by atoms with Gasteiger partial charge in [-0.15, -0.1) is 0 Å². The van der Waals surface area contributed by atoms with Crippen LogP contribution in [0, 0.1) is 0 Å². The van der Waals surface area contributed by atoms with E-state index < -0.39 is 5.72 Å². The van der Waals surface area contributed by atoms with Crippen molar-refractivity contribution in [2.75, 3.05) is 23.0 Å². The second kappa shape index (κ2) is 8.41. The zero-order valence-corrected chi connectivity index (χ0v) is 19.4. The molecule has 5 nitrogen and oxygen atoms in total. The van der Waals surface area contributed by atoms with Crippen molar-refractivity contribution < 1.29 is 14.6 Å². The third-order valence-corrected chi connectivity index (χ3v) is 6.06. The number of rotatable bonds is 5. The molecule has 0 spiro atoms. The molecular formula is C23H20Br2N2O3. The lowest BCUT2D eigenvalue weighted by Crippen LogP contribution is -2.44. The Morgan fingerprint density at radius 2 is 1.57 bits per heavy atom. The second-order valence-corrected chi connectivity index (χ2v) is 8.77. The summed E-state index contributed by atoms with van der Waals surface area (Å²) in [4.78, 5) is 16.5. The van der Waals surface area contributed by atoms with Crippen molar-refractivity contribution in [3.05, 3.63) is 87.3 Å². The molecule has 1 N–H and O–H groups in total. The summed E-state index contributed by atoms with van der Waals surface area (Å²) in [5, 5.41) is 11.9. The summed E-state index contributed by atoms with van der Waals surface area (Å²) in [7, 11) is 0. The third kappa shape index (κ3) is 3.85. The number of carbonyl (C=O) groups is 1. The highest BCUT2D eigenvalue weighted by Crippen LogP contribution is 2.41. The number of halogens is 2. The Balaban J connectivity index is 1.82. The van der Waals surface area contributed by atoms with Crippen LogP contribution in [0.15, 0.2) is 81.7 Å². The topological polar surface area (TPSA) is 53.0 Å². The van der Waals surface area contributed by atoms with Crippen molar-refractivity contribution in [1.82, 2.24) is 0 Å². The molecule has 1 unspecified atom stereocenters. The van der Waals surface area contributed by atoms with E-state index in [9.17, 15) is 9.90 Å². The molecule has 0 bridgehead atoms. The maximum Gasteiger partial charge on any atom is 0.331 e. The quantitative estimate of drug-likeness (QED) is 0.445. The van der Waals surface area contributed by atoms with E-state index in [1.54, 1.807) is 11.0 Å². The van der Waals surface area contributed by atoms with Crippen molar-refractivity contribution in [3.8, 4) is 5.75 Å². The zero-order chi connectivity index (χ0) is 21.3. The van der Waals surface area contributed by atoms with Crippen LogP contribution in [-0.2, 0) is 5.72 Å². The van der Waals surface area contributed by atoms with Crippen LogP contribution in [0.3, 0.4) is 0 Å². The molecule has 1 aliphatic rings. The van der Waals surface area contributed by atoms with Crippen molar-refractivity contribution >= 4 is 49.3 Å². The number of ether oxygens (including phenoxy) is 1. The lowest BCUT2D eigenvalue weighted by molar-refractivity contribution is 0.0652. The fourth-order valence-electron chi connectivity index (χ4n) is 3.60. The van der Waals surface area contributed by atoms with Gasteiger partial charge in [-0.3, -0.25) is 9.80 Å². The van der Waals surface area contributed by atoms with Crippen LogP contribution >= 0.6 is 31.9 Å². The highest BCUT2D eigenvalue weighted by Gasteiger charge is 2.51. The summed E-state index contributed by atoms with van der Waals surface area (Å²) in [5.74, 6) is 0.647. The minimum absolute atomic E-state index is 0.0824. The summed E-state index contributed by atoms with van der Waals surface area (Å²) in [6.45, 7) is 2.51. The molecule has 1 aliphatic heterocycles. The van der Waals surface area contributed by atoms with E-state index in [2.05, 4.69) is 31.9 Å². The van der Waals surface area contributed by atoms with Gasteiger partial charge in [-0.05, 0) is 67.6 Å². The number of hydrogen-bond acceptors (Lipinski definition) is 3. The standard InChI is InChI=1S/C23H20Br2N2O3/c1-2-30-21-5-3-4-16(14-21)23(29)15-26(19-10-6-17(24)7-11-19)22(28)27(23)20-12-8-18(25)9-13-20/h3-14,29H,2,15H2,1H3. The Bertz CT molecular complexity index is 1060.